The van der Waals surface area contributed by atoms with Gasteiger partial charge in [-0.15, -0.1) is 0 Å². The van der Waals surface area contributed by atoms with Crippen LogP contribution in [0.1, 0.15) is 5.56 Å². The first-order valence-corrected chi connectivity index (χ1v) is 6.59. The number of nitrogens with zero attached hydrogens (tertiary/aromatic N) is 1. The third kappa shape index (κ3) is 4.89. The number of carbonyl (C=O) groups is 1. The van der Waals surface area contributed by atoms with Crippen molar-refractivity contribution in [2.24, 2.45) is 5.10 Å². The van der Waals surface area contributed by atoms with Gasteiger partial charge >= 0.3 is 0 Å². The lowest BCUT2D eigenvalue weighted by molar-refractivity contribution is -0.119. The highest BCUT2D eigenvalue weighted by atomic mass is 35.5. The zero-order valence-corrected chi connectivity index (χ0v) is 11.8. The van der Waals surface area contributed by atoms with Crippen LogP contribution in [0, 0.1) is 5.82 Å². The third-order valence-electron chi connectivity index (χ3n) is 2.60. The normalized spacial score (nSPS) is 10.6. The maximum atomic E-state index is 12.7. The van der Waals surface area contributed by atoms with Gasteiger partial charge in [0.05, 0.1) is 12.8 Å². The molecule has 0 spiro atoms. The Kier molecular flexibility index (Phi) is 5.29. The Labute approximate surface area is 126 Å². The summed E-state index contributed by atoms with van der Waals surface area (Å²) in [5.41, 5.74) is 3.74. The summed E-state index contributed by atoms with van der Waals surface area (Å²) >= 11 is 5.95. The number of anilines is 1. The van der Waals surface area contributed by atoms with Crippen LogP contribution in [-0.2, 0) is 4.79 Å². The van der Waals surface area contributed by atoms with Gasteiger partial charge in [-0.05, 0) is 30.3 Å². The predicted octanol–water partition coefficient (Wildman–Crippen LogP) is 3.04. The van der Waals surface area contributed by atoms with E-state index in [1.165, 1.54) is 18.3 Å². The largest absolute Gasteiger partial charge is 0.376 e. The average molecular weight is 306 g/mol. The number of hydrogen-bond donors (Lipinski definition) is 2. The molecule has 1 amide bonds. The zero-order valence-electron chi connectivity index (χ0n) is 11.0. The van der Waals surface area contributed by atoms with Crippen molar-refractivity contribution < 1.29 is 9.18 Å². The van der Waals surface area contributed by atoms with Crippen molar-refractivity contribution in [3.8, 4) is 0 Å². The number of amides is 1. The predicted molar refractivity (Wildman–Crippen MR) is 82.1 cm³/mol. The number of hydrazone groups is 1. The van der Waals surface area contributed by atoms with Gasteiger partial charge in [-0.1, -0.05) is 29.8 Å². The van der Waals surface area contributed by atoms with Gasteiger partial charge < -0.3 is 5.32 Å². The molecule has 2 aromatic rings. The van der Waals surface area contributed by atoms with E-state index in [0.29, 0.717) is 16.3 Å². The Morgan fingerprint density at radius 1 is 1.19 bits per heavy atom. The summed E-state index contributed by atoms with van der Waals surface area (Å²) in [6, 6.07) is 12.9. The molecule has 0 aliphatic heterocycles. The number of halogens is 2. The fraction of sp³-hybridized carbons (Fsp3) is 0.0667. The number of hydrogen-bond acceptors (Lipinski definition) is 3. The zero-order chi connectivity index (χ0) is 15.1. The van der Waals surface area contributed by atoms with Crippen LogP contribution in [0.15, 0.2) is 53.6 Å². The molecule has 0 aromatic heterocycles. The average Bonchev–Trinajstić information content (AvgIpc) is 2.49. The Bertz CT molecular complexity index is 644. The molecule has 0 fully saturated rings. The first-order valence-electron chi connectivity index (χ1n) is 6.21. The molecular weight excluding hydrogens is 293 g/mol. The van der Waals surface area contributed by atoms with Gasteiger partial charge in [0.15, 0.2) is 0 Å². The lowest BCUT2D eigenvalue weighted by Gasteiger charge is -2.04. The molecule has 4 nitrogen and oxygen atoms in total. The summed E-state index contributed by atoms with van der Waals surface area (Å²) in [6.07, 6.45) is 1.47. The van der Waals surface area contributed by atoms with E-state index in [2.05, 4.69) is 15.8 Å². The van der Waals surface area contributed by atoms with Crippen LogP contribution in [0.2, 0.25) is 5.02 Å². The van der Waals surface area contributed by atoms with Crippen LogP contribution >= 0.6 is 11.6 Å². The van der Waals surface area contributed by atoms with Gasteiger partial charge in [-0.2, -0.15) is 5.10 Å². The van der Waals surface area contributed by atoms with E-state index in [-0.39, 0.29) is 18.3 Å². The van der Waals surface area contributed by atoms with E-state index in [0.717, 1.165) is 0 Å². The highest BCUT2D eigenvalue weighted by molar-refractivity contribution is 6.33. The van der Waals surface area contributed by atoms with Gasteiger partial charge in [0, 0.05) is 16.3 Å². The van der Waals surface area contributed by atoms with Crippen molar-refractivity contribution in [2.75, 3.05) is 11.9 Å². The molecule has 0 aliphatic rings. The molecule has 0 saturated carbocycles. The van der Waals surface area contributed by atoms with Crippen LogP contribution in [-0.4, -0.2) is 18.7 Å². The Hall–Kier alpha value is -2.40. The first-order chi connectivity index (χ1) is 10.1. The van der Waals surface area contributed by atoms with Crippen molar-refractivity contribution in [1.82, 2.24) is 5.43 Å². The summed E-state index contributed by atoms with van der Waals surface area (Å²) in [5, 5.41) is 7.23. The minimum Gasteiger partial charge on any atom is -0.376 e. The maximum absolute atomic E-state index is 12.7. The van der Waals surface area contributed by atoms with Crippen LogP contribution in [0.5, 0.6) is 0 Å². The van der Waals surface area contributed by atoms with Gasteiger partial charge in [-0.3, -0.25) is 4.79 Å². The summed E-state index contributed by atoms with van der Waals surface area (Å²) in [7, 11) is 0. The number of benzene rings is 2. The lowest BCUT2D eigenvalue weighted by Crippen LogP contribution is -2.25. The second-order valence-corrected chi connectivity index (χ2v) is 4.58. The van der Waals surface area contributed by atoms with E-state index in [1.54, 1.807) is 24.3 Å². The molecule has 21 heavy (non-hydrogen) atoms. The standard InChI is InChI=1S/C15H13ClFN3O/c16-14-4-2-1-3-11(14)9-19-20-15(21)10-18-13-7-5-12(17)6-8-13/h1-9,18H,10H2,(H,20,21). The second-order valence-electron chi connectivity index (χ2n) is 4.18. The van der Waals surface area contributed by atoms with Crippen LogP contribution in [0.25, 0.3) is 0 Å². The molecule has 2 N–H and O–H groups in total. The van der Waals surface area contributed by atoms with Gasteiger partial charge in [-0.25, -0.2) is 9.82 Å². The van der Waals surface area contributed by atoms with Gasteiger partial charge in [0.2, 0.25) is 0 Å². The van der Waals surface area contributed by atoms with Crippen LogP contribution in [0.3, 0.4) is 0 Å². The molecule has 0 heterocycles. The SMILES string of the molecule is O=C(CNc1ccc(F)cc1)NN=Cc1ccccc1Cl. The Morgan fingerprint density at radius 3 is 2.62 bits per heavy atom. The van der Waals surface area contributed by atoms with Crippen molar-refractivity contribution in [2.45, 2.75) is 0 Å². The number of rotatable bonds is 5. The summed E-state index contributed by atoms with van der Waals surface area (Å²) in [6.45, 7) is 0.0332. The fourth-order valence-electron chi connectivity index (χ4n) is 1.54. The van der Waals surface area contributed by atoms with Crippen molar-refractivity contribution in [1.29, 1.82) is 0 Å². The molecule has 0 unspecified atom stereocenters. The third-order valence-corrected chi connectivity index (χ3v) is 2.94. The molecule has 0 saturated heterocycles. The van der Waals surface area contributed by atoms with Crippen LogP contribution < -0.4 is 10.7 Å². The quantitative estimate of drug-likeness (QED) is 0.659. The smallest absolute Gasteiger partial charge is 0.259 e. The second kappa shape index (κ2) is 7.40. The highest BCUT2D eigenvalue weighted by Crippen LogP contribution is 2.12. The summed E-state index contributed by atoms with van der Waals surface area (Å²) < 4.78 is 12.7. The summed E-state index contributed by atoms with van der Waals surface area (Å²) in [5.74, 6) is -0.642. The molecule has 0 bridgehead atoms. The molecule has 108 valence electrons. The lowest BCUT2D eigenvalue weighted by atomic mass is 10.2. The minimum atomic E-state index is -0.325. The molecule has 0 radical (unpaired) electrons. The fourth-order valence-corrected chi connectivity index (χ4v) is 1.73. The van der Waals surface area contributed by atoms with E-state index < -0.39 is 0 Å². The van der Waals surface area contributed by atoms with Crippen molar-refractivity contribution in [3.05, 3.63) is 64.9 Å². The maximum Gasteiger partial charge on any atom is 0.259 e. The number of nitrogens with one attached hydrogen (secondary N) is 2. The van der Waals surface area contributed by atoms with E-state index in [9.17, 15) is 9.18 Å². The molecule has 0 atom stereocenters. The van der Waals surface area contributed by atoms with E-state index in [1.807, 2.05) is 12.1 Å². The summed E-state index contributed by atoms with van der Waals surface area (Å²) in [4.78, 5) is 11.6. The molecule has 2 rings (SSSR count). The van der Waals surface area contributed by atoms with Crippen molar-refractivity contribution in [3.63, 3.8) is 0 Å². The number of carbonyl (C=O) groups excluding carboxylic acids is 1. The van der Waals surface area contributed by atoms with Gasteiger partial charge in [0.1, 0.15) is 5.82 Å². The van der Waals surface area contributed by atoms with Gasteiger partial charge in [0.25, 0.3) is 5.91 Å². The van der Waals surface area contributed by atoms with E-state index in [4.69, 9.17) is 11.6 Å². The molecule has 0 aliphatic carbocycles. The molecular formula is C15H13ClFN3O. The Morgan fingerprint density at radius 2 is 1.90 bits per heavy atom. The molecule has 6 heteroatoms. The van der Waals surface area contributed by atoms with E-state index >= 15 is 0 Å². The first kappa shape index (κ1) is 15.0. The van der Waals surface area contributed by atoms with Crippen LogP contribution in [0.4, 0.5) is 10.1 Å². The topological polar surface area (TPSA) is 53.5 Å². The molecule has 2 aromatic carbocycles. The Balaban J connectivity index is 1.80. The highest BCUT2D eigenvalue weighted by Gasteiger charge is 2.00. The minimum absolute atomic E-state index is 0.0332. The monoisotopic (exact) mass is 305 g/mol. The van der Waals surface area contributed by atoms with Crippen molar-refractivity contribution >= 4 is 29.4 Å².